The molecule has 0 saturated carbocycles. The fourth-order valence-electron chi connectivity index (χ4n) is 6.06. The third kappa shape index (κ3) is 2.20. The van der Waals surface area contributed by atoms with Crippen LogP contribution in [0.3, 0.4) is 0 Å². The average molecular weight is 540 g/mol. The molecular formula is C30H13BrCl2O. The van der Waals surface area contributed by atoms with E-state index in [0.29, 0.717) is 15.1 Å². The molecule has 160 valence electrons. The molecule has 1 atom stereocenters. The molecular weight excluding hydrogens is 527 g/mol. The predicted octanol–water partition coefficient (Wildman–Crippen LogP) is 9.59. The van der Waals surface area contributed by atoms with Crippen LogP contribution in [-0.4, -0.2) is 11.2 Å². The molecule has 0 N–H and O–H groups in total. The Morgan fingerprint density at radius 3 is 1.97 bits per heavy atom. The maximum atomic E-state index is 13.1. The summed E-state index contributed by atoms with van der Waals surface area (Å²) in [4.78, 5) is 13.1. The highest BCUT2D eigenvalue weighted by atomic mass is 79.9. The summed E-state index contributed by atoms with van der Waals surface area (Å²) in [5.74, 6) is -0.154. The Hall–Kier alpha value is -2.91. The summed E-state index contributed by atoms with van der Waals surface area (Å²) in [6, 6.07) is 26.1. The fourth-order valence-corrected chi connectivity index (χ4v) is 7.26. The van der Waals surface area contributed by atoms with Gasteiger partial charge in [-0.05, 0) is 105 Å². The number of alkyl halides is 1. The summed E-state index contributed by atoms with van der Waals surface area (Å²) in [6.45, 7) is 0. The second-order valence-electron chi connectivity index (χ2n) is 9.16. The Labute approximate surface area is 212 Å². The first-order chi connectivity index (χ1) is 16.5. The number of carbonyl (C=O) groups is 1. The molecule has 1 nitrogen and oxygen atoms in total. The highest BCUT2D eigenvalue weighted by Gasteiger charge is 2.33. The first-order valence-electron chi connectivity index (χ1n) is 11.1. The predicted molar refractivity (Wildman–Crippen MR) is 150 cm³/mol. The second-order valence-corrected chi connectivity index (χ2v) is 10.8. The van der Waals surface area contributed by atoms with E-state index in [1.807, 2.05) is 6.07 Å². The van der Waals surface area contributed by atoms with Gasteiger partial charge in [-0.25, -0.2) is 0 Å². The van der Waals surface area contributed by atoms with Gasteiger partial charge in [0.15, 0.2) is 5.78 Å². The molecule has 1 aliphatic carbocycles. The summed E-state index contributed by atoms with van der Waals surface area (Å²) in [6.07, 6.45) is 0. The lowest BCUT2D eigenvalue weighted by Crippen LogP contribution is -2.21. The maximum absolute atomic E-state index is 13.1. The molecule has 7 aromatic rings. The topological polar surface area (TPSA) is 17.1 Å². The highest BCUT2D eigenvalue weighted by molar-refractivity contribution is 9.15. The van der Waals surface area contributed by atoms with Crippen LogP contribution >= 0.6 is 39.1 Å². The molecule has 0 amide bonds. The molecule has 4 heteroatoms. The lowest BCUT2D eigenvalue weighted by atomic mass is 9.82. The number of carbonyl (C=O) groups excluding carboxylic acids is 1. The SMILES string of the molecule is O=C1c2cc3ccc4cc5c6ccccc6cc6ccc7cc(c2C(Br)=C(Cl)C1Cl)c3c4c7c65. The van der Waals surface area contributed by atoms with Gasteiger partial charge in [0.05, 0.1) is 5.03 Å². The minimum atomic E-state index is -0.866. The summed E-state index contributed by atoms with van der Waals surface area (Å²) in [5, 5.41) is 13.9. The van der Waals surface area contributed by atoms with Crippen LogP contribution in [0.5, 0.6) is 0 Å². The van der Waals surface area contributed by atoms with Crippen molar-refractivity contribution in [2.24, 2.45) is 0 Å². The second kappa shape index (κ2) is 6.40. The molecule has 0 aromatic heterocycles. The third-order valence-electron chi connectivity index (χ3n) is 7.48. The van der Waals surface area contributed by atoms with Crippen molar-refractivity contribution in [2.75, 3.05) is 0 Å². The van der Waals surface area contributed by atoms with Crippen molar-refractivity contribution < 1.29 is 4.79 Å². The summed E-state index contributed by atoms with van der Waals surface area (Å²) in [5.41, 5.74) is 1.45. The molecule has 1 unspecified atom stereocenters. The van der Waals surface area contributed by atoms with Crippen molar-refractivity contribution in [2.45, 2.75) is 5.38 Å². The molecule has 7 aromatic carbocycles. The van der Waals surface area contributed by atoms with Crippen molar-refractivity contribution in [3.8, 4) is 0 Å². The number of ketones is 1. The van der Waals surface area contributed by atoms with Crippen LogP contribution in [0.1, 0.15) is 15.9 Å². The van der Waals surface area contributed by atoms with Crippen LogP contribution in [0.15, 0.2) is 77.8 Å². The molecule has 0 saturated heterocycles. The molecule has 0 fully saturated rings. The molecule has 34 heavy (non-hydrogen) atoms. The van der Waals surface area contributed by atoms with Gasteiger partial charge in [0.25, 0.3) is 0 Å². The molecule has 0 heterocycles. The van der Waals surface area contributed by atoms with E-state index in [0.717, 1.165) is 27.1 Å². The molecule has 8 rings (SSSR count). The van der Waals surface area contributed by atoms with Crippen LogP contribution in [0, 0.1) is 0 Å². The van der Waals surface area contributed by atoms with Gasteiger partial charge in [0.1, 0.15) is 5.38 Å². The van der Waals surface area contributed by atoms with E-state index in [-0.39, 0.29) is 5.78 Å². The monoisotopic (exact) mass is 538 g/mol. The van der Waals surface area contributed by atoms with Crippen LogP contribution in [0.2, 0.25) is 0 Å². The third-order valence-corrected chi connectivity index (χ3v) is 9.46. The number of halogens is 3. The van der Waals surface area contributed by atoms with E-state index in [4.69, 9.17) is 23.2 Å². The summed E-state index contributed by atoms with van der Waals surface area (Å²) >= 11 is 16.6. The van der Waals surface area contributed by atoms with E-state index in [1.54, 1.807) is 0 Å². The molecule has 0 aliphatic heterocycles. The first-order valence-corrected chi connectivity index (χ1v) is 12.7. The lowest BCUT2D eigenvalue weighted by molar-refractivity contribution is 0.0997. The number of allylic oxidation sites excluding steroid dienone is 1. The average Bonchev–Trinajstić information content (AvgIpc) is 2.87. The van der Waals surface area contributed by atoms with Crippen molar-refractivity contribution in [3.63, 3.8) is 0 Å². The van der Waals surface area contributed by atoms with Crippen molar-refractivity contribution in [1.29, 1.82) is 0 Å². The first kappa shape index (κ1) is 19.4. The molecule has 0 bridgehead atoms. The van der Waals surface area contributed by atoms with E-state index in [9.17, 15) is 4.79 Å². The quantitative estimate of drug-likeness (QED) is 0.106. The van der Waals surface area contributed by atoms with E-state index in [1.165, 1.54) is 43.1 Å². The smallest absolute Gasteiger partial charge is 0.186 e. The Morgan fingerprint density at radius 1 is 0.647 bits per heavy atom. The van der Waals surface area contributed by atoms with E-state index >= 15 is 0 Å². The number of hydrogen-bond donors (Lipinski definition) is 0. The molecule has 0 radical (unpaired) electrons. The van der Waals surface area contributed by atoms with Gasteiger partial charge < -0.3 is 0 Å². The minimum Gasteiger partial charge on any atom is -0.292 e. The van der Waals surface area contributed by atoms with Crippen LogP contribution in [0.25, 0.3) is 69.1 Å². The fraction of sp³-hybridized carbons (Fsp3) is 0.0333. The van der Waals surface area contributed by atoms with Gasteiger partial charge in [-0.1, -0.05) is 60.1 Å². The zero-order chi connectivity index (χ0) is 22.9. The lowest BCUT2D eigenvalue weighted by Gasteiger charge is -2.24. The molecule has 1 aliphatic rings. The van der Waals surface area contributed by atoms with Gasteiger partial charge in [0, 0.05) is 15.6 Å². The van der Waals surface area contributed by atoms with Crippen molar-refractivity contribution >= 4 is 114 Å². The standard InChI is InChI=1S/C30H13BrCl2O/c31-27-26-20-11-17-7-5-14-9-13-3-1-2-4-18(13)19-10-16-8-6-15(23(20)25(16)24(17)22(14)19)12-21(26)30(34)29(33)28(27)32/h1-12,29H. The van der Waals surface area contributed by atoms with Gasteiger partial charge >= 0.3 is 0 Å². The molecule has 0 spiro atoms. The minimum absolute atomic E-state index is 0.154. The maximum Gasteiger partial charge on any atom is 0.186 e. The zero-order valence-electron chi connectivity index (χ0n) is 17.5. The van der Waals surface area contributed by atoms with Crippen LogP contribution < -0.4 is 0 Å². The zero-order valence-corrected chi connectivity index (χ0v) is 20.6. The Bertz CT molecular complexity index is 2070. The normalized spacial score (nSPS) is 16.9. The number of Topliss-reactive ketones (excluding diaryl/α,β-unsaturated/α-hetero) is 1. The van der Waals surface area contributed by atoms with Gasteiger partial charge in [-0.2, -0.15) is 0 Å². The van der Waals surface area contributed by atoms with Gasteiger partial charge in [-0.3, -0.25) is 4.79 Å². The highest BCUT2D eigenvalue weighted by Crippen LogP contribution is 2.50. The number of benzene rings is 7. The largest absolute Gasteiger partial charge is 0.292 e. The summed E-state index contributed by atoms with van der Waals surface area (Å²) in [7, 11) is 0. The Kier molecular flexibility index (Phi) is 3.65. The van der Waals surface area contributed by atoms with Crippen molar-refractivity contribution in [1.82, 2.24) is 0 Å². The van der Waals surface area contributed by atoms with Crippen molar-refractivity contribution in [3.05, 3.63) is 89.0 Å². The van der Waals surface area contributed by atoms with Crippen LogP contribution in [-0.2, 0) is 0 Å². The van der Waals surface area contributed by atoms with E-state index in [2.05, 4.69) is 82.7 Å². The number of rotatable bonds is 0. The summed E-state index contributed by atoms with van der Waals surface area (Å²) < 4.78 is 0.699. The number of fused-ring (bicyclic) bond motifs is 4. The Balaban J connectivity index is 1.69. The van der Waals surface area contributed by atoms with Crippen LogP contribution in [0.4, 0.5) is 0 Å². The van der Waals surface area contributed by atoms with Gasteiger partial charge in [0.2, 0.25) is 0 Å². The van der Waals surface area contributed by atoms with Gasteiger partial charge in [-0.15, -0.1) is 11.6 Å². The Morgan fingerprint density at radius 2 is 1.24 bits per heavy atom. The van der Waals surface area contributed by atoms with E-state index < -0.39 is 5.38 Å². The number of hydrogen-bond acceptors (Lipinski definition) is 1.